The van der Waals surface area contributed by atoms with Gasteiger partial charge in [-0.1, -0.05) is 15.9 Å². The lowest BCUT2D eigenvalue weighted by atomic mass is 10.1. The summed E-state index contributed by atoms with van der Waals surface area (Å²) in [6.07, 6.45) is -0.00463. The van der Waals surface area contributed by atoms with Gasteiger partial charge in [0.1, 0.15) is 6.17 Å². The highest BCUT2D eigenvalue weighted by molar-refractivity contribution is 9.10. The van der Waals surface area contributed by atoms with Gasteiger partial charge >= 0.3 is 0 Å². The largest absolute Gasteiger partial charge is 0.332 e. The first-order valence-electron chi connectivity index (χ1n) is 4.36. The van der Waals surface area contributed by atoms with E-state index in [9.17, 15) is 4.79 Å². The molecule has 1 N–H and O–H groups in total. The Morgan fingerprint density at radius 2 is 2.14 bits per heavy atom. The van der Waals surface area contributed by atoms with Crippen LogP contribution in [-0.4, -0.2) is 24.9 Å². The average molecular weight is 255 g/mol. The van der Waals surface area contributed by atoms with E-state index < -0.39 is 0 Å². The zero-order valence-corrected chi connectivity index (χ0v) is 9.63. The molecule has 0 saturated carbocycles. The van der Waals surface area contributed by atoms with Gasteiger partial charge in [0.05, 0.1) is 0 Å². The van der Waals surface area contributed by atoms with Crippen LogP contribution in [0.4, 0.5) is 0 Å². The fourth-order valence-electron chi connectivity index (χ4n) is 1.65. The SMILES string of the molecule is CN(C)C1NC(=O)c2ccc(Br)cc21. The van der Waals surface area contributed by atoms with Crippen molar-refractivity contribution in [2.75, 3.05) is 14.1 Å². The number of hydrogen-bond donors (Lipinski definition) is 1. The number of rotatable bonds is 1. The second-order valence-corrected chi connectivity index (χ2v) is 4.49. The molecule has 1 aromatic rings. The molecule has 1 aliphatic rings. The number of nitrogens with zero attached hydrogens (tertiary/aromatic N) is 1. The highest BCUT2D eigenvalue weighted by atomic mass is 79.9. The molecular formula is C10H11BrN2O. The molecule has 0 aliphatic carbocycles. The third kappa shape index (κ3) is 1.44. The van der Waals surface area contributed by atoms with Gasteiger partial charge in [-0.2, -0.15) is 0 Å². The van der Waals surface area contributed by atoms with Crippen LogP contribution in [-0.2, 0) is 0 Å². The minimum Gasteiger partial charge on any atom is -0.332 e. The van der Waals surface area contributed by atoms with Gasteiger partial charge in [0.15, 0.2) is 0 Å². The van der Waals surface area contributed by atoms with E-state index in [1.807, 2.05) is 37.2 Å². The maximum Gasteiger partial charge on any atom is 0.253 e. The number of benzene rings is 1. The van der Waals surface area contributed by atoms with E-state index in [4.69, 9.17) is 0 Å². The number of carbonyl (C=O) groups excluding carboxylic acids is 1. The summed E-state index contributed by atoms with van der Waals surface area (Å²) in [5, 5.41) is 2.91. The molecule has 14 heavy (non-hydrogen) atoms. The first kappa shape index (κ1) is 9.68. The van der Waals surface area contributed by atoms with Crippen molar-refractivity contribution in [2.45, 2.75) is 6.17 Å². The highest BCUT2D eigenvalue weighted by Gasteiger charge is 2.29. The quantitative estimate of drug-likeness (QED) is 0.829. The van der Waals surface area contributed by atoms with Crippen LogP contribution in [0.3, 0.4) is 0 Å². The molecule has 3 nitrogen and oxygen atoms in total. The standard InChI is InChI=1S/C10H11BrN2O/c1-13(2)9-8-5-6(11)3-4-7(8)10(14)12-9/h3-5,9H,1-2H3,(H,12,14). The topological polar surface area (TPSA) is 32.3 Å². The summed E-state index contributed by atoms with van der Waals surface area (Å²) in [6, 6.07) is 5.71. The van der Waals surface area contributed by atoms with Crippen molar-refractivity contribution in [3.63, 3.8) is 0 Å². The highest BCUT2D eigenvalue weighted by Crippen LogP contribution is 2.29. The van der Waals surface area contributed by atoms with Crippen molar-refractivity contribution in [3.05, 3.63) is 33.8 Å². The number of nitrogens with one attached hydrogen (secondary N) is 1. The number of fused-ring (bicyclic) bond motifs is 1. The van der Waals surface area contributed by atoms with Crippen LogP contribution in [0, 0.1) is 0 Å². The first-order valence-corrected chi connectivity index (χ1v) is 5.15. The van der Waals surface area contributed by atoms with E-state index in [-0.39, 0.29) is 12.1 Å². The van der Waals surface area contributed by atoms with Crippen LogP contribution in [0.15, 0.2) is 22.7 Å². The lowest BCUT2D eigenvalue weighted by Gasteiger charge is -2.19. The van der Waals surface area contributed by atoms with Crippen LogP contribution in [0.1, 0.15) is 22.1 Å². The predicted octanol–water partition coefficient (Wildman–Crippen LogP) is 1.75. The van der Waals surface area contributed by atoms with Gasteiger partial charge in [-0.15, -0.1) is 0 Å². The molecule has 1 amide bonds. The molecule has 0 spiro atoms. The third-order valence-corrected chi connectivity index (χ3v) is 2.83. The van der Waals surface area contributed by atoms with Gasteiger partial charge in [0.25, 0.3) is 5.91 Å². The molecule has 74 valence electrons. The zero-order valence-electron chi connectivity index (χ0n) is 8.04. The molecule has 1 atom stereocenters. The van der Waals surface area contributed by atoms with Crippen molar-refractivity contribution in [1.82, 2.24) is 10.2 Å². The molecule has 2 rings (SSSR count). The molecule has 0 saturated heterocycles. The van der Waals surface area contributed by atoms with E-state index >= 15 is 0 Å². The molecule has 4 heteroatoms. The number of amides is 1. The summed E-state index contributed by atoms with van der Waals surface area (Å²) >= 11 is 3.40. The molecule has 1 unspecified atom stereocenters. The van der Waals surface area contributed by atoms with Crippen molar-refractivity contribution in [3.8, 4) is 0 Å². The molecule has 1 aliphatic heterocycles. The van der Waals surface area contributed by atoms with Crippen LogP contribution in [0.25, 0.3) is 0 Å². The van der Waals surface area contributed by atoms with Crippen molar-refractivity contribution < 1.29 is 4.79 Å². The van der Waals surface area contributed by atoms with Crippen molar-refractivity contribution in [1.29, 1.82) is 0 Å². The number of halogens is 1. The van der Waals surface area contributed by atoms with Gasteiger partial charge in [0, 0.05) is 15.6 Å². The second kappa shape index (κ2) is 3.37. The molecule has 0 radical (unpaired) electrons. The van der Waals surface area contributed by atoms with Gasteiger partial charge in [0.2, 0.25) is 0 Å². The Hall–Kier alpha value is -0.870. The Labute approximate surface area is 91.2 Å². The van der Waals surface area contributed by atoms with Crippen molar-refractivity contribution >= 4 is 21.8 Å². The fourth-order valence-corrected chi connectivity index (χ4v) is 2.03. The molecule has 0 fully saturated rings. The average Bonchev–Trinajstić information content (AvgIpc) is 2.43. The number of hydrogen-bond acceptors (Lipinski definition) is 2. The lowest BCUT2D eigenvalue weighted by molar-refractivity contribution is 0.0925. The first-order chi connectivity index (χ1) is 6.59. The van der Waals surface area contributed by atoms with E-state index in [1.165, 1.54) is 0 Å². The van der Waals surface area contributed by atoms with Gasteiger partial charge < -0.3 is 5.32 Å². The smallest absolute Gasteiger partial charge is 0.253 e. The normalized spacial score (nSPS) is 19.7. The molecule has 0 aromatic heterocycles. The second-order valence-electron chi connectivity index (χ2n) is 3.57. The minimum atomic E-state index is -0.00463. The predicted molar refractivity (Wildman–Crippen MR) is 58.0 cm³/mol. The summed E-state index contributed by atoms with van der Waals surface area (Å²) in [7, 11) is 3.89. The van der Waals surface area contributed by atoms with E-state index in [2.05, 4.69) is 21.2 Å². The van der Waals surface area contributed by atoms with Crippen LogP contribution in [0.5, 0.6) is 0 Å². The van der Waals surface area contributed by atoms with Crippen LogP contribution >= 0.6 is 15.9 Å². The summed E-state index contributed by atoms with van der Waals surface area (Å²) < 4.78 is 1.000. The molecule has 0 bridgehead atoms. The van der Waals surface area contributed by atoms with Crippen LogP contribution in [0.2, 0.25) is 0 Å². The summed E-state index contributed by atoms with van der Waals surface area (Å²) in [6.45, 7) is 0. The third-order valence-electron chi connectivity index (χ3n) is 2.34. The lowest BCUT2D eigenvalue weighted by Crippen LogP contribution is -2.30. The van der Waals surface area contributed by atoms with E-state index in [0.29, 0.717) is 0 Å². The minimum absolute atomic E-state index is 0.00463. The zero-order chi connectivity index (χ0) is 10.3. The van der Waals surface area contributed by atoms with E-state index in [1.54, 1.807) is 0 Å². The van der Waals surface area contributed by atoms with Gasteiger partial charge in [-0.25, -0.2) is 0 Å². The van der Waals surface area contributed by atoms with Crippen LogP contribution < -0.4 is 5.32 Å². The van der Waals surface area contributed by atoms with Gasteiger partial charge in [-0.3, -0.25) is 9.69 Å². The van der Waals surface area contributed by atoms with E-state index in [0.717, 1.165) is 15.6 Å². The van der Waals surface area contributed by atoms with Gasteiger partial charge in [-0.05, 0) is 32.3 Å². The fraction of sp³-hybridized carbons (Fsp3) is 0.300. The van der Waals surface area contributed by atoms with Crippen molar-refractivity contribution in [2.24, 2.45) is 0 Å². The Morgan fingerprint density at radius 1 is 1.43 bits per heavy atom. The Bertz CT molecular complexity index is 390. The summed E-state index contributed by atoms with van der Waals surface area (Å²) in [4.78, 5) is 13.5. The number of carbonyl (C=O) groups is 1. The maximum absolute atomic E-state index is 11.5. The monoisotopic (exact) mass is 254 g/mol. The maximum atomic E-state index is 11.5. The Balaban J connectivity index is 2.51. The Kier molecular flexibility index (Phi) is 2.33. The summed E-state index contributed by atoms with van der Waals surface area (Å²) in [5.41, 5.74) is 1.81. The summed E-state index contributed by atoms with van der Waals surface area (Å²) in [5.74, 6) is 0.00574. The molecule has 1 aromatic carbocycles. The Morgan fingerprint density at radius 3 is 2.79 bits per heavy atom. The molecular weight excluding hydrogens is 244 g/mol. The molecule has 1 heterocycles.